The monoisotopic (exact) mass is 292 g/mol. The zero-order valence-corrected chi connectivity index (χ0v) is 11.5. The first kappa shape index (κ1) is 18.1. The highest BCUT2D eigenvalue weighted by molar-refractivity contribution is 5.81. The van der Waals surface area contributed by atoms with Crippen LogP contribution in [0.1, 0.15) is 6.92 Å². The second-order valence-corrected chi connectivity index (χ2v) is 3.58. The molecule has 0 aliphatic carbocycles. The van der Waals surface area contributed by atoms with E-state index in [0.29, 0.717) is 0 Å². The summed E-state index contributed by atoms with van der Waals surface area (Å²) in [5.41, 5.74) is 5.18. The van der Waals surface area contributed by atoms with Gasteiger partial charge >= 0.3 is 18.0 Å². The SMILES string of the molecule is COCCOC(=O)COC(=O)C(C)OC(=O)NCCN. The summed E-state index contributed by atoms with van der Waals surface area (Å²) in [6.45, 7) is 1.57. The first-order valence-electron chi connectivity index (χ1n) is 5.97. The summed E-state index contributed by atoms with van der Waals surface area (Å²) in [6, 6.07) is 0. The van der Waals surface area contributed by atoms with Crippen LogP contribution in [0.5, 0.6) is 0 Å². The van der Waals surface area contributed by atoms with Crippen molar-refractivity contribution in [2.45, 2.75) is 13.0 Å². The standard InChI is InChI=1S/C11H20N2O7/c1-8(20-11(16)13-4-3-12)10(15)19-7-9(14)18-6-5-17-2/h8H,3-7,12H2,1-2H3,(H,13,16). The molecule has 0 bridgehead atoms. The Kier molecular flexibility index (Phi) is 9.97. The Balaban J connectivity index is 3.84. The quantitative estimate of drug-likeness (QED) is 0.308. The highest BCUT2D eigenvalue weighted by Crippen LogP contribution is 1.96. The van der Waals surface area contributed by atoms with Crippen LogP contribution in [0.2, 0.25) is 0 Å². The van der Waals surface area contributed by atoms with E-state index in [2.05, 4.69) is 19.5 Å². The van der Waals surface area contributed by atoms with Gasteiger partial charge in [0, 0.05) is 20.2 Å². The third-order valence-corrected chi connectivity index (χ3v) is 1.91. The lowest BCUT2D eigenvalue weighted by Gasteiger charge is -2.12. The maximum atomic E-state index is 11.4. The molecule has 3 N–H and O–H groups in total. The molecule has 116 valence electrons. The van der Waals surface area contributed by atoms with Crippen LogP contribution >= 0.6 is 0 Å². The van der Waals surface area contributed by atoms with Crippen LogP contribution in [0, 0.1) is 0 Å². The third-order valence-electron chi connectivity index (χ3n) is 1.91. The summed E-state index contributed by atoms with van der Waals surface area (Å²) < 4.78 is 18.7. The molecule has 1 atom stereocenters. The van der Waals surface area contributed by atoms with Gasteiger partial charge < -0.3 is 30.0 Å². The summed E-state index contributed by atoms with van der Waals surface area (Å²) in [7, 11) is 1.46. The summed E-state index contributed by atoms with van der Waals surface area (Å²) >= 11 is 0. The minimum atomic E-state index is -1.14. The van der Waals surface area contributed by atoms with E-state index in [0.717, 1.165) is 0 Å². The number of amides is 1. The van der Waals surface area contributed by atoms with Crippen LogP contribution in [-0.2, 0) is 28.5 Å². The molecule has 0 spiro atoms. The lowest BCUT2D eigenvalue weighted by molar-refractivity contribution is -0.164. The fourth-order valence-corrected chi connectivity index (χ4v) is 0.952. The van der Waals surface area contributed by atoms with E-state index in [9.17, 15) is 14.4 Å². The average molecular weight is 292 g/mol. The highest BCUT2D eigenvalue weighted by atomic mass is 16.6. The van der Waals surface area contributed by atoms with Crippen molar-refractivity contribution in [3.05, 3.63) is 0 Å². The Morgan fingerprint density at radius 3 is 2.50 bits per heavy atom. The molecule has 0 saturated carbocycles. The van der Waals surface area contributed by atoms with Crippen LogP contribution < -0.4 is 11.1 Å². The summed E-state index contributed by atoms with van der Waals surface area (Å²) in [6.07, 6.45) is -1.93. The van der Waals surface area contributed by atoms with Crippen molar-refractivity contribution in [1.29, 1.82) is 0 Å². The number of carbonyl (C=O) groups excluding carboxylic acids is 3. The lowest BCUT2D eigenvalue weighted by atomic mass is 10.4. The Morgan fingerprint density at radius 2 is 1.90 bits per heavy atom. The van der Waals surface area contributed by atoms with E-state index in [1.807, 2.05) is 0 Å². The highest BCUT2D eigenvalue weighted by Gasteiger charge is 2.20. The minimum absolute atomic E-state index is 0.0699. The average Bonchev–Trinajstić information content (AvgIpc) is 2.42. The van der Waals surface area contributed by atoms with Gasteiger partial charge in [-0.25, -0.2) is 14.4 Å². The van der Waals surface area contributed by atoms with Crippen molar-refractivity contribution in [2.24, 2.45) is 5.73 Å². The molecule has 0 heterocycles. The Hall–Kier alpha value is -1.87. The minimum Gasteiger partial charge on any atom is -0.461 e. The lowest BCUT2D eigenvalue weighted by Crippen LogP contribution is -2.35. The number of rotatable bonds is 9. The van der Waals surface area contributed by atoms with Crippen molar-refractivity contribution in [2.75, 3.05) is 40.0 Å². The second-order valence-electron chi connectivity index (χ2n) is 3.58. The van der Waals surface area contributed by atoms with Crippen molar-refractivity contribution in [1.82, 2.24) is 5.32 Å². The first-order valence-corrected chi connectivity index (χ1v) is 5.97. The third kappa shape index (κ3) is 9.11. The Morgan fingerprint density at radius 1 is 1.20 bits per heavy atom. The van der Waals surface area contributed by atoms with Crippen molar-refractivity contribution in [3.8, 4) is 0 Å². The summed E-state index contributed by atoms with van der Waals surface area (Å²) in [4.78, 5) is 33.6. The van der Waals surface area contributed by atoms with E-state index >= 15 is 0 Å². The molecule has 1 unspecified atom stereocenters. The number of nitrogens with two attached hydrogens (primary N) is 1. The fraction of sp³-hybridized carbons (Fsp3) is 0.727. The number of ether oxygens (including phenoxy) is 4. The molecule has 20 heavy (non-hydrogen) atoms. The Bertz CT molecular complexity index is 322. The van der Waals surface area contributed by atoms with Crippen molar-refractivity contribution < 1.29 is 33.3 Å². The number of hydrogen-bond acceptors (Lipinski definition) is 8. The van der Waals surface area contributed by atoms with Crippen LogP contribution in [0.4, 0.5) is 4.79 Å². The van der Waals surface area contributed by atoms with Gasteiger partial charge in [0.15, 0.2) is 12.7 Å². The molecule has 0 aliphatic heterocycles. The Labute approximate surface area is 116 Å². The van der Waals surface area contributed by atoms with Gasteiger partial charge in [-0.15, -0.1) is 0 Å². The van der Waals surface area contributed by atoms with E-state index in [-0.39, 0.29) is 26.3 Å². The predicted molar refractivity (Wildman–Crippen MR) is 66.8 cm³/mol. The normalized spacial score (nSPS) is 11.3. The topological polar surface area (TPSA) is 126 Å². The van der Waals surface area contributed by atoms with Gasteiger partial charge in [0.25, 0.3) is 0 Å². The van der Waals surface area contributed by atoms with Gasteiger partial charge in [-0.1, -0.05) is 0 Å². The van der Waals surface area contributed by atoms with Crippen LogP contribution in [0.15, 0.2) is 0 Å². The fourth-order valence-electron chi connectivity index (χ4n) is 0.952. The van der Waals surface area contributed by atoms with E-state index in [1.54, 1.807) is 0 Å². The van der Waals surface area contributed by atoms with Gasteiger partial charge in [0.2, 0.25) is 0 Å². The molecule has 9 nitrogen and oxygen atoms in total. The van der Waals surface area contributed by atoms with Gasteiger partial charge in [-0.2, -0.15) is 0 Å². The molecule has 0 radical (unpaired) electrons. The van der Waals surface area contributed by atoms with Gasteiger partial charge in [-0.05, 0) is 6.92 Å². The molecule has 0 aromatic heterocycles. The number of carbonyl (C=O) groups is 3. The predicted octanol–water partition coefficient (Wildman–Crippen LogP) is -1.21. The first-order chi connectivity index (χ1) is 9.51. The number of nitrogens with one attached hydrogen (secondary N) is 1. The van der Waals surface area contributed by atoms with Crippen LogP contribution in [0.25, 0.3) is 0 Å². The van der Waals surface area contributed by atoms with E-state index < -0.39 is 30.7 Å². The molecule has 0 aromatic carbocycles. The van der Waals surface area contributed by atoms with Gasteiger partial charge in [0.05, 0.1) is 6.61 Å². The molecular formula is C11H20N2O7. The molecule has 0 saturated heterocycles. The maximum Gasteiger partial charge on any atom is 0.408 e. The molecule has 0 rings (SSSR count). The molecule has 1 amide bonds. The number of hydrogen-bond donors (Lipinski definition) is 2. The zero-order valence-electron chi connectivity index (χ0n) is 11.5. The molecular weight excluding hydrogens is 272 g/mol. The van der Waals surface area contributed by atoms with Crippen LogP contribution in [-0.4, -0.2) is 64.2 Å². The van der Waals surface area contributed by atoms with Crippen LogP contribution in [0.3, 0.4) is 0 Å². The smallest absolute Gasteiger partial charge is 0.408 e. The zero-order chi connectivity index (χ0) is 15.4. The molecule has 9 heteroatoms. The van der Waals surface area contributed by atoms with E-state index in [4.69, 9.17) is 10.5 Å². The summed E-state index contributed by atoms with van der Waals surface area (Å²) in [5.74, 6) is -1.56. The second kappa shape index (κ2) is 11.0. The largest absolute Gasteiger partial charge is 0.461 e. The number of esters is 2. The van der Waals surface area contributed by atoms with Crippen molar-refractivity contribution >= 4 is 18.0 Å². The number of alkyl carbamates (subject to hydrolysis) is 1. The maximum absolute atomic E-state index is 11.4. The molecule has 0 aromatic rings. The molecule has 0 fully saturated rings. The summed E-state index contributed by atoms with van der Waals surface area (Å²) in [5, 5.41) is 2.32. The van der Waals surface area contributed by atoms with E-state index in [1.165, 1.54) is 14.0 Å². The molecule has 0 aliphatic rings. The van der Waals surface area contributed by atoms with Gasteiger partial charge in [-0.3, -0.25) is 0 Å². The number of methoxy groups -OCH3 is 1. The van der Waals surface area contributed by atoms with Crippen molar-refractivity contribution in [3.63, 3.8) is 0 Å². The van der Waals surface area contributed by atoms with Gasteiger partial charge in [0.1, 0.15) is 6.61 Å².